The van der Waals surface area contributed by atoms with Gasteiger partial charge in [0.2, 0.25) is 0 Å². The van der Waals surface area contributed by atoms with Crippen LogP contribution < -0.4 is 16.2 Å². The van der Waals surface area contributed by atoms with Gasteiger partial charge in [-0.1, -0.05) is 13.0 Å². The van der Waals surface area contributed by atoms with Crippen molar-refractivity contribution in [1.82, 2.24) is 15.0 Å². The number of hydrogen-bond acceptors (Lipinski definition) is 6. The van der Waals surface area contributed by atoms with Crippen LogP contribution in [0.15, 0.2) is 24.3 Å². The summed E-state index contributed by atoms with van der Waals surface area (Å²) in [6, 6.07) is 7.91. The second-order valence-electron chi connectivity index (χ2n) is 4.81. The number of nitrogens with one attached hydrogen (secondary N) is 1. The summed E-state index contributed by atoms with van der Waals surface area (Å²) in [6.45, 7) is 7.66. The largest absolute Gasteiger partial charge is 0.351 e. The van der Waals surface area contributed by atoms with Gasteiger partial charge >= 0.3 is 0 Å². The normalized spacial score (nSPS) is 10.5. The van der Waals surface area contributed by atoms with Gasteiger partial charge in [0.25, 0.3) is 0 Å². The molecule has 112 valence electrons. The van der Waals surface area contributed by atoms with Gasteiger partial charge in [-0.05, 0) is 26.0 Å². The van der Waals surface area contributed by atoms with Crippen LogP contribution in [0, 0.1) is 6.92 Å². The molecular weight excluding hydrogens is 264 g/mol. The fourth-order valence-corrected chi connectivity index (χ4v) is 2.12. The predicted octanol–water partition coefficient (Wildman–Crippen LogP) is 2.05. The zero-order chi connectivity index (χ0) is 15.2. The number of hydrogen-bond donors (Lipinski definition) is 2. The maximum atomic E-state index is 5.49. The van der Waals surface area contributed by atoms with E-state index in [4.69, 9.17) is 5.84 Å². The predicted molar refractivity (Wildman–Crippen MR) is 84.9 cm³/mol. The molecule has 6 nitrogen and oxygen atoms in total. The second kappa shape index (κ2) is 6.99. The molecule has 0 saturated heterocycles. The molecule has 0 unspecified atom stereocenters. The first-order valence-electron chi connectivity index (χ1n) is 7.18. The molecule has 0 aliphatic carbocycles. The van der Waals surface area contributed by atoms with Crippen molar-refractivity contribution in [1.29, 1.82) is 0 Å². The molecule has 0 aliphatic heterocycles. The van der Waals surface area contributed by atoms with Crippen molar-refractivity contribution >= 4 is 11.6 Å². The Balaban J connectivity index is 2.28. The topological polar surface area (TPSA) is 80.0 Å². The average Bonchev–Trinajstić information content (AvgIpc) is 2.52. The number of hydrazine groups is 1. The molecule has 0 aliphatic rings. The van der Waals surface area contributed by atoms with Crippen molar-refractivity contribution in [2.45, 2.75) is 33.7 Å². The Morgan fingerprint density at radius 2 is 2.00 bits per heavy atom. The second-order valence-corrected chi connectivity index (χ2v) is 4.81. The SMILES string of the molecule is CCc1nc(NN)cc(N(CC)Cc2cccc(C)n2)n1. The third-order valence-corrected chi connectivity index (χ3v) is 3.23. The van der Waals surface area contributed by atoms with E-state index < -0.39 is 0 Å². The van der Waals surface area contributed by atoms with Gasteiger partial charge in [-0.3, -0.25) is 4.98 Å². The quantitative estimate of drug-likeness (QED) is 0.625. The van der Waals surface area contributed by atoms with Crippen LogP contribution in [-0.4, -0.2) is 21.5 Å². The van der Waals surface area contributed by atoms with E-state index in [0.717, 1.165) is 36.0 Å². The smallest absolute Gasteiger partial charge is 0.145 e. The number of nitrogen functional groups attached to an aromatic ring is 1. The zero-order valence-corrected chi connectivity index (χ0v) is 12.8. The van der Waals surface area contributed by atoms with Crippen LogP contribution >= 0.6 is 0 Å². The van der Waals surface area contributed by atoms with Crippen LogP contribution in [0.5, 0.6) is 0 Å². The minimum atomic E-state index is 0.632. The van der Waals surface area contributed by atoms with Crippen LogP contribution in [0.4, 0.5) is 11.6 Å². The van der Waals surface area contributed by atoms with Gasteiger partial charge in [0.05, 0.1) is 12.2 Å². The zero-order valence-electron chi connectivity index (χ0n) is 12.8. The number of anilines is 2. The maximum absolute atomic E-state index is 5.49. The fraction of sp³-hybridized carbons (Fsp3) is 0.400. The first kappa shape index (κ1) is 15.2. The molecule has 0 atom stereocenters. The molecule has 21 heavy (non-hydrogen) atoms. The molecule has 2 aromatic heterocycles. The summed E-state index contributed by atoms with van der Waals surface area (Å²) < 4.78 is 0. The van der Waals surface area contributed by atoms with Crippen molar-refractivity contribution in [3.8, 4) is 0 Å². The molecule has 3 N–H and O–H groups in total. The van der Waals surface area contributed by atoms with Gasteiger partial charge < -0.3 is 10.3 Å². The highest BCUT2D eigenvalue weighted by molar-refractivity contribution is 5.49. The molecule has 2 heterocycles. The Labute approximate surface area is 125 Å². The first-order chi connectivity index (χ1) is 10.2. The molecule has 6 heteroatoms. The van der Waals surface area contributed by atoms with E-state index in [0.29, 0.717) is 12.4 Å². The van der Waals surface area contributed by atoms with E-state index in [1.54, 1.807) is 0 Å². The van der Waals surface area contributed by atoms with Gasteiger partial charge in [-0.15, -0.1) is 0 Å². The monoisotopic (exact) mass is 286 g/mol. The van der Waals surface area contributed by atoms with Crippen molar-refractivity contribution in [3.63, 3.8) is 0 Å². The van der Waals surface area contributed by atoms with Crippen LogP contribution in [0.3, 0.4) is 0 Å². The lowest BCUT2D eigenvalue weighted by Crippen LogP contribution is -2.25. The fourth-order valence-electron chi connectivity index (χ4n) is 2.12. The van der Waals surface area contributed by atoms with Crippen molar-refractivity contribution in [3.05, 3.63) is 41.5 Å². The number of nitrogens with two attached hydrogens (primary N) is 1. The maximum Gasteiger partial charge on any atom is 0.145 e. The summed E-state index contributed by atoms with van der Waals surface area (Å²) in [5.74, 6) is 7.75. The third kappa shape index (κ3) is 3.88. The molecule has 0 saturated carbocycles. The summed E-state index contributed by atoms with van der Waals surface area (Å²) in [4.78, 5) is 15.6. The highest BCUT2D eigenvalue weighted by Gasteiger charge is 2.11. The van der Waals surface area contributed by atoms with Gasteiger partial charge in [0, 0.05) is 24.7 Å². The molecule has 2 aromatic rings. The number of nitrogens with zero attached hydrogens (tertiary/aromatic N) is 4. The molecule has 0 spiro atoms. The van der Waals surface area contributed by atoms with E-state index in [9.17, 15) is 0 Å². The Kier molecular flexibility index (Phi) is 5.05. The summed E-state index contributed by atoms with van der Waals surface area (Å²) in [7, 11) is 0. The first-order valence-corrected chi connectivity index (χ1v) is 7.18. The van der Waals surface area contributed by atoms with E-state index in [1.807, 2.05) is 38.1 Å². The summed E-state index contributed by atoms with van der Waals surface area (Å²) >= 11 is 0. The standard InChI is InChI=1S/C15H22N6/c1-4-13-18-14(20-16)9-15(19-13)21(5-2)10-12-8-6-7-11(3)17-12/h6-9H,4-5,10,16H2,1-3H3,(H,18,19,20). The Bertz CT molecular complexity index is 576. The minimum Gasteiger partial charge on any atom is -0.351 e. The third-order valence-electron chi connectivity index (χ3n) is 3.23. The Hall–Kier alpha value is -2.21. The van der Waals surface area contributed by atoms with E-state index in [2.05, 4.69) is 32.2 Å². The van der Waals surface area contributed by atoms with Crippen LogP contribution in [0.2, 0.25) is 0 Å². The lowest BCUT2D eigenvalue weighted by atomic mass is 10.3. The minimum absolute atomic E-state index is 0.632. The molecule has 0 fully saturated rings. The lowest BCUT2D eigenvalue weighted by Gasteiger charge is -2.22. The van der Waals surface area contributed by atoms with Crippen LogP contribution in [0.1, 0.15) is 31.1 Å². The van der Waals surface area contributed by atoms with Crippen molar-refractivity contribution in [2.75, 3.05) is 16.9 Å². The Morgan fingerprint density at radius 3 is 2.62 bits per heavy atom. The highest BCUT2D eigenvalue weighted by Crippen LogP contribution is 2.18. The van der Waals surface area contributed by atoms with Gasteiger partial charge in [-0.2, -0.15) is 0 Å². The van der Waals surface area contributed by atoms with E-state index in [-0.39, 0.29) is 0 Å². The highest BCUT2D eigenvalue weighted by atomic mass is 15.3. The van der Waals surface area contributed by atoms with E-state index >= 15 is 0 Å². The lowest BCUT2D eigenvalue weighted by molar-refractivity contribution is 0.778. The number of pyridine rings is 1. The van der Waals surface area contributed by atoms with Gasteiger partial charge in [0.1, 0.15) is 17.5 Å². The Morgan fingerprint density at radius 1 is 1.19 bits per heavy atom. The van der Waals surface area contributed by atoms with Crippen molar-refractivity contribution in [2.24, 2.45) is 5.84 Å². The average molecular weight is 286 g/mol. The molecule has 0 aromatic carbocycles. The van der Waals surface area contributed by atoms with Crippen molar-refractivity contribution < 1.29 is 0 Å². The molecular formula is C15H22N6. The number of aromatic nitrogens is 3. The molecule has 2 rings (SSSR count). The number of rotatable bonds is 6. The summed E-state index contributed by atoms with van der Waals surface area (Å²) in [6.07, 6.45) is 0.767. The molecule has 0 bridgehead atoms. The molecule has 0 amide bonds. The van der Waals surface area contributed by atoms with Crippen LogP contribution in [-0.2, 0) is 13.0 Å². The molecule has 0 radical (unpaired) electrons. The van der Waals surface area contributed by atoms with E-state index in [1.165, 1.54) is 0 Å². The van der Waals surface area contributed by atoms with Crippen LogP contribution in [0.25, 0.3) is 0 Å². The summed E-state index contributed by atoms with van der Waals surface area (Å²) in [5, 5.41) is 0. The number of aryl methyl sites for hydroxylation is 2. The summed E-state index contributed by atoms with van der Waals surface area (Å²) in [5.41, 5.74) is 4.64. The van der Waals surface area contributed by atoms with Gasteiger partial charge in [0.15, 0.2) is 0 Å². The van der Waals surface area contributed by atoms with Gasteiger partial charge in [-0.25, -0.2) is 15.8 Å².